The highest BCUT2D eigenvalue weighted by atomic mass is 19.1. The van der Waals surface area contributed by atoms with Gasteiger partial charge >= 0.3 is 0 Å². The first kappa shape index (κ1) is 20.7. The number of nitrogens with one attached hydrogen (secondary N) is 1. The molecule has 1 saturated heterocycles. The van der Waals surface area contributed by atoms with Gasteiger partial charge in [0.25, 0.3) is 11.6 Å². The van der Waals surface area contributed by atoms with Crippen molar-refractivity contribution in [1.82, 2.24) is 15.2 Å². The number of fused-ring (bicyclic) bond motifs is 1. The summed E-state index contributed by atoms with van der Waals surface area (Å²) in [7, 11) is 0. The molecule has 0 unspecified atom stereocenters. The number of carbonyl (C=O) groups excluding carboxylic acids is 1. The number of hydrogen-bond acceptors (Lipinski definition) is 6. The molecule has 0 radical (unpaired) electrons. The third-order valence-corrected chi connectivity index (χ3v) is 5.51. The van der Waals surface area contributed by atoms with E-state index < -0.39 is 11.7 Å². The summed E-state index contributed by atoms with van der Waals surface area (Å²) in [5.74, 6) is -0.943. The Balaban J connectivity index is 1.34. The van der Waals surface area contributed by atoms with Crippen LogP contribution in [0.5, 0.6) is 0 Å². The quantitative estimate of drug-likeness (QED) is 0.484. The van der Waals surface area contributed by atoms with E-state index >= 15 is 0 Å². The normalized spacial score (nSPS) is 14.5. The molecule has 9 heteroatoms. The van der Waals surface area contributed by atoms with Crippen molar-refractivity contribution in [2.75, 3.05) is 44.2 Å². The number of halogens is 1. The lowest BCUT2D eigenvalue weighted by Gasteiger charge is -2.36. The second-order valence-corrected chi connectivity index (χ2v) is 7.35. The van der Waals surface area contributed by atoms with Crippen molar-refractivity contribution >= 4 is 28.1 Å². The predicted octanol–water partition coefficient (Wildman–Crippen LogP) is 2.83. The minimum Gasteiger partial charge on any atom is -0.368 e. The van der Waals surface area contributed by atoms with Crippen molar-refractivity contribution in [1.29, 1.82) is 0 Å². The van der Waals surface area contributed by atoms with E-state index in [1.165, 1.54) is 24.4 Å². The lowest BCUT2D eigenvalue weighted by Crippen LogP contribution is -2.48. The molecule has 1 fully saturated rings. The first-order valence-electron chi connectivity index (χ1n) is 10.1. The van der Waals surface area contributed by atoms with Crippen LogP contribution in [-0.2, 0) is 0 Å². The molecule has 2 aromatic carbocycles. The maximum Gasteiger partial charge on any atom is 0.278 e. The largest absolute Gasteiger partial charge is 0.368 e. The van der Waals surface area contributed by atoms with Crippen molar-refractivity contribution < 1.29 is 14.1 Å². The Bertz CT molecular complexity index is 1120. The van der Waals surface area contributed by atoms with Gasteiger partial charge in [0.2, 0.25) is 0 Å². The molecule has 2 heterocycles. The molecule has 0 atom stereocenters. The van der Waals surface area contributed by atoms with E-state index in [-0.39, 0.29) is 16.2 Å². The average molecular weight is 423 g/mol. The highest BCUT2D eigenvalue weighted by Crippen LogP contribution is 2.33. The van der Waals surface area contributed by atoms with Crippen molar-refractivity contribution in [2.45, 2.75) is 0 Å². The van der Waals surface area contributed by atoms with E-state index in [1.807, 2.05) is 6.07 Å². The standard InChI is InChI=1S/C22H22FN5O3/c23-19-4-2-1-3-17(19)22(29)25-9-10-26-11-13-27(14-12-26)20-5-6-21(28(30)31)18-15-24-8-7-16(18)20/h1-8,15H,9-14H2,(H,25,29). The lowest BCUT2D eigenvalue weighted by molar-refractivity contribution is -0.383. The molecule has 160 valence electrons. The number of nitro benzene ring substituents is 1. The molecular weight excluding hydrogens is 401 g/mol. The zero-order valence-electron chi connectivity index (χ0n) is 16.8. The third-order valence-electron chi connectivity index (χ3n) is 5.51. The molecular formula is C22H22FN5O3. The average Bonchev–Trinajstić information content (AvgIpc) is 2.79. The van der Waals surface area contributed by atoms with Crippen molar-refractivity contribution in [2.24, 2.45) is 0 Å². The maximum absolute atomic E-state index is 13.7. The van der Waals surface area contributed by atoms with Crippen LogP contribution < -0.4 is 10.2 Å². The Kier molecular flexibility index (Phi) is 6.03. The molecule has 1 aliphatic heterocycles. The number of amides is 1. The molecule has 8 nitrogen and oxygen atoms in total. The minimum absolute atomic E-state index is 0.0480. The van der Waals surface area contributed by atoms with Gasteiger partial charge in [0.05, 0.1) is 15.9 Å². The number of nitrogens with zero attached hydrogens (tertiary/aromatic N) is 4. The van der Waals surface area contributed by atoms with Gasteiger partial charge in [0.1, 0.15) is 5.82 Å². The molecule has 1 aliphatic rings. The molecule has 1 amide bonds. The Morgan fingerprint density at radius 2 is 1.87 bits per heavy atom. The number of piperazine rings is 1. The number of non-ortho nitro benzene ring substituents is 1. The Morgan fingerprint density at radius 3 is 2.61 bits per heavy atom. The number of hydrogen-bond donors (Lipinski definition) is 1. The summed E-state index contributed by atoms with van der Waals surface area (Å²) >= 11 is 0. The Hall–Kier alpha value is -3.59. The van der Waals surface area contributed by atoms with Crippen molar-refractivity contribution in [3.63, 3.8) is 0 Å². The number of pyridine rings is 1. The molecule has 31 heavy (non-hydrogen) atoms. The number of benzene rings is 2. The molecule has 0 spiro atoms. The number of carbonyl (C=O) groups is 1. The van der Waals surface area contributed by atoms with E-state index in [9.17, 15) is 19.3 Å². The fourth-order valence-electron chi connectivity index (χ4n) is 3.87. The van der Waals surface area contributed by atoms with Gasteiger partial charge in [-0.3, -0.25) is 24.8 Å². The van der Waals surface area contributed by atoms with Crippen LogP contribution >= 0.6 is 0 Å². The molecule has 3 aromatic rings. The third kappa shape index (κ3) is 4.46. The molecule has 4 rings (SSSR count). The summed E-state index contributed by atoms with van der Waals surface area (Å²) in [5.41, 5.74) is 1.05. The van der Waals surface area contributed by atoms with Gasteiger partial charge in [-0.25, -0.2) is 4.39 Å². The topological polar surface area (TPSA) is 91.6 Å². The van der Waals surface area contributed by atoms with Gasteiger partial charge in [-0.2, -0.15) is 0 Å². The summed E-state index contributed by atoms with van der Waals surface area (Å²) in [6, 6.07) is 11.1. The molecule has 0 bridgehead atoms. The monoisotopic (exact) mass is 423 g/mol. The van der Waals surface area contributed by atoms with Gasteiger partial charge in [-0.15, -0.1) is 0 Å². The zero-order chi connectivity index (χ0) is 21.8. The highest BCUT2D eigenvalue weighted by Gasteiger charge is 2.22. The second kappa shape index (κ2) is 9.05. The summed E-state index contributed by atoms with van der Waals surface area (Å²) in [5, 5.41) is 15.4. The van der Waals surface area contributed by atoms with Gasteiger partial charge in [-0.05, 0) is 24.3 Å². The smallest absolute Gasteiger partial charge is 0.278 e. The first-order valence-corrected chi connectivity index (χ1v) is 10.1. The fourth-order valence-corrected chi connectivity index (χ4v) is 3.87. The van der Waals surface area contributed by atoms with Crippen molar-refractivity contribution in [3.8, 4) is 0 Å². The van der Waals surface area contributed by atoms with Crippen LogP contribution in [0.4, 0.5) is 15.8 Å². The minimum atomic E-state index is -0.529. The van der Waals surface area contributed by atoms with Crippen LogP contribution in [0.3, 0.4) is 0 Å². The number of nitro groups is 1. The molecule has 0 saturated carbocycles. The van der Waals surface area contributed by atoms with Gasteiger partial charge in [0, 0.05) is 68.8 Å². The maximum atomic E-state index is 13.7. The van der Waals surface area contributed by atoms with E-state index in [4.69, 9.17) is 0 Å². The predicted molar refractivity (Wildman–Crippen MR) is 116 cm³/mol. The zero-order valence-corrected chi connectivity index (χ0v) is 16.8. The number of rotatable bonds is 6. The van der Waals surface area contributed by atoms with E-state index in [1.54, 1.807) is 24.4 Å². The highest BCUT2D eigenvalue weighted by molar-refractivity contribution is 5.99. The van der Waals surface area contributed by atoms with E-state index in [0.717, 1.165) is 37.3 Å². The molecule has 1 N–H and O–H groups in total. The second-order valence-electron chi connectivity index (χ2n) is 7.35. The van der Waals surface area contributed by atoms with Gasteiger partial charge < -0.3 is 10.2 Å². The van der Waals surface area contributed by atoms with E-state index in [2.05, 4.69) is 20.1 Å². The summed E-state index contributed by atoms with van der Waals surface area (Å²) in [4.78, 5) is 31.5. The Labute approximate surface area is 178 Å². The lowest BCUT2D eigenvalue weighted by atomic mass is 10.1. The first-order chi connectivity index (χ1) is 15.0. The van der Waals surface area contributed by atoms with Crippen LogP contribution in [0.2, 0.25) is 0 Å². The SMILES string of the molecule is O=C(NCCN1CCN(c2ccc([N+](=O)[O-])c3cnccc23)CC1)c1ccccc1F. The van der Waals surface area contributed by atoms with E-state index in [0.29, 0.717) is 18.5 Å². The summed E-state index contributed by atoms with van der Waals surface area (Å²) in [6.07, 6.45) is 3.18. The molecule has 1 aromatic heterocycles. The molecule has 0 aliphatic carbocycles. The summed E-state index contributed by atoms with van der Waals surface area (Å²) in [6.45, 7) is 4.20. The number of aromatic nitrogens is 1. The van der Waals surface area contributed by atoms with Crippen molar-refractivity contribution in [3.05, 3.63) is 76.4 Å². The van der Waals surface area contributed by atoms with Crippen LogP contribution in [-0.4, -0.2) is 60.0 Å². The van der Waals surface area contributed by atoms with Crippen LogP contribution in [0.1, 0.15) is 10.4 Å². The van der Waals surface area contributed by atoms with Crippen LogP contribution in [0, 0.1) is 15.9 Å². The number of anilines is 1. The Morgan fingerprint density at radius 1 is 1.10 bits per heavy atom. The summed E-state index contributed by atoms with van der Waals surface area (Å²) < 4.78 is 13.7. The van der Waals surface area contributed by atoms with Crippen LogP contribution in [0.15, 0.2) is 54.9 Å². The van der Waals surface area contributed by atoms with Gasteiger partial charge in [0.15, 0.2) is 0 Å². The fraction of sp³-hybridized carbons (Fsp3) is 0.273. The van der Waals surface area contributed by atoms with Gasteiger partial charge in [-0.1, -0.05) is 12.1 Å². The van der Waals surface area contributed by atoms with Crippen LogP contribution in [0.25, 0.3) is 10.8 Å².